The van der Waals surface area contributed by atoms with Crippen LogP contribution in [0.3, 0.4) is 0 Å². The number of benzene rings is 2. The fraction of sp³-hybridized carbons (Fsp3) is 0.486. The van der Waals surface area contributed by atoms with Crippen LogP contribution in [0.2, 0.25) is 0 Å². The van der Waals surface area contributed by atoms with E-state index in [1.54, 1.807) is 53.7 Å². The number of carbonyl (C=O) groups is 7. The highest BCUT2D eigenvalue weighted by atomic mass is 32.1. The minimum Gasteiger partial charge on any atom is -0.476 e. The molecule has 4 aliphatic carbocycles. The van der Waals surface area contributed by atoms with Gasteiger partial charge < -0.3 is 44.8 Å². The Balaban J connectivity index is 0.620. The van der Waals surface area contributed by atoms with Crippen LogP contribution < -0.4 is 20.9 Å². The van der Waals surface area contributed by atoms with E-state index >= 15 is 0 Å². The summed E-state index contributed by atoms with van der Waals surface area (Å²) >= 11 is 1.35. The molecule has 25 nitrogen and oxygen atoms in total. The third kappa shape index (κ3) is 17.0. The van der Waals surface area contributed by atoms with Crippen LogP contribution in [0.4, 0.5) is 21.4 Å². The Labute approximate surface area is 579 Å². The number of ether oxygens (including phenoxy) is 2. The molecule has 27 heteroatoms. The van der Waals surface area contributed by atoms with Gasteiger partial charge in [0.2, 0.25) is 11.8 Å². The van der Waals surface area contributed by atoms with E-state index in [2.05, 4.69) is 50.7 Å². The van der Waals surface area contributed by atoms with E-state index in [0.717, 1.165) is 65.6 Å². The molecule has 2 atom stereocenters. The largest absolute Gasteiger partial charge is 0.476 e. The van der Waals surface area contributed by atoms with Gasteiger partial charge in [-0.15, -0.1) is 0 Å². The second kappa shape index (κ2) is 29.7. The number of amides is 6. The number of piperidine rings is 1. The lowest BCUT2D eigenvalue weighted by Gasteiger charge is -2.69. The van der Waals surface area contributed by atoms with Crippen LogP contribution in [-0.4, -0.2) is 173 Å². The molecule has 7 heterocycles. The Kier molecular flexibility index (Phi) is 21.1. The summed E-state index contributed by atoms with van der Waals surface area (Å²) in [6.07, 6.45) is 18.9. The lowest BCUT2D eigenvalue weighted by molar-refractivity contribution is -0.249. The average molecular weight is 1390 g/mol. The number of carboxylic acids is 1. The van der Waals surface area contributed by atoms with Crippen LogP contribution in [0, 0.1) is 29.2 Å². The van der Waals surface area contributed by atoms with Gasteiger partial charge >= 0.3 is 19.7 Å². The zero-order chi connectivity index (χ0) is 69.7. The number of fused-ring (bicyclic) bond motifs is 2. The molecule has 4 bridgehead atoms. The van der Waals surface area contributed by atoms with E-state index in [1.165, 1.54) is 28.4 Å². The van der Waals surface area contributed by atoms with Gasteiger partial charge in [-0.25, -0.2) is 19.6 Å². The monoisotopic (exact) mass is 1390 g/mol. The average Bonchev–Trinajstić information content (AvgIpc) is 1.00. The number of hydrogen-bond donors (Lipinski definition) is 6. The molecule has 99 heavy (non-hydrogen) atoms. The van der Waals surface area contributed by atoms with Gasteiger partial charge in [-0.05, 0) is 166 Å². The van der Waals surface area contributed by atoms with Crippen molar-refractivity contribution in [2.24, 2.45) is 16.2 Å². The molecule has 6 N–H and O–H groups in total. The highest BCUT2D eigenvalue weighted by Crippen LogP contribution is 2.72. The maximum atomic E-state index is 13.8. The highest BCUT2D eigenvalue weighted by molar-refractivity contribution is 7.51. The maximum absolute atomic E-state index is 13.8. The van der Waals surface area contributed by atoms with Crippen molar-refractivity contribution in [2.45, 2.75) is 142 Å². The van der Waals surface area contributed by atoms with Gasteiger partial charge in [0.1, 0.15) is 12.4 Å². The van der Waals surface area contributed by atoms with E-state index < -0.39 is 25.3 Å². The van der Waals surface area contributed by atoms with Crippen LogP contribution in [0.15, 0.2) is 91.3 Å². The Hall–Kier alpha value is -8.52. The number of nitrogens with one attached hydrogen (secondary N) is 3. The van der Waals surface area contributed by atoms with Crippen molar-refractivity contribution in [3.63, 3.8) is 0 Å². The first-order chi connectivity index (χ1) is 47.4. The molecule has 7 aliphatic rings. The lowest BCUT2D eigenvalue weighted by Crippen LogP contribution is -2.64. The molecule has 4 aromatic heterocycles. The summed E-state index contributed by atoms with van der Waals surface area (Å²) in [4.78, 5) is 129. The van der Waals surface area contributed by atoms with Crippen molar-refractivity contribution in [3.05, 3.63) is 131 Å². The summed E-state index contributed by atoms with van der Waals surface area (Å²) in [5.74, 6) is -2.08. The second-order valence-electron chi connectivity index (χ2n) is 28.4. The fourth-order valence-corrected chi connectivity index (χ4v) is 18.5. The molecule has 523 valence electrons. The number of carbonyl (C=O) groups excluding carboxylic acids is 6. The minimum absolute atomic E-state index is 0.0110. The number of nitrogens with zero attached hydrogens (tertiary/aromatic N) is 9. The second-order valence-corrected chi connectivity index (χ2v) is 31.2. The van der Waals surface area contributed by atoms with Gasteiger partial charge in [-0.3, -0.25) is 48.3 Å². The summed E-state index contributed by atoms with van der Waals surface area (Å²) in [7, 11) is -4.24. The van der Waals surface area contributed by atoms with Gasteiger partial charge in [0.25, 0.3) is 17.7 Å². The normalized spacial score (nSPS) is 22.1. The number of thiazole rings is 1. The Bertz CT molecular complexity index is 4110. The molecule has 13 rings (SSSR count). The molecule has 6 aromatic rings. The van der Waals surface area contributed by atoms with E-state index in [1.807, 2.05) is 52.9 Å². The first kappa shape index (κ1) is 70.3. The molecule has 0 spiro atoms. The van der Waals surface area contributed by atoms with Crippen molar-refractivity contribution in [1.82, 2.24) is 44.7 Å². The molecule has 6 amide bonds. The summed E-state index contributed by atoms with van der Waals surface area (Å²) < 4.78 is 27.9. The van der Waals surface area contributed by atoms with Gasteiger partial charge in [0, 0.05) is 124 Å². The van der Waals surface area contributed by atoms with E-state index in [0.29, 0.717) is 143 Å². The third-order valence-corrected chi connectivity index (χ3v) is 22.2. The summed E-state index contributed by atoms with van der Waals surface area (Å²) in [6, 6.07) is 21.4. The SMILES string of the molecule is Cc1c(-c2ccc(N3CCc4cccc(C(=O)Nc5nc6ncccc6s5)c4C3)nc2C(=O)O)cnn1CC12CC3(C)CC(C)(C1)CC(OCCN(CCCP(=O)(O)O)C1CCN(C(=O)OC/C=C/c4cc[c]c(NC(=O)CCNC(=O)CCCCCN5C(=O)C=CC5=O)c4)CC1)(C3)C2. The summed E-state index contributed by atoms with van der Waals surface area (Å²) in [5, 5.41) is 24.7. The van der Waals surface area contributed by atoms with Crippen molar-refractivity contribution < 1.29 is 62.5 Å². The van der Waals surface area contributed by atoms with Gasteiger partial charge in [0.05, 0.1) is 29.3 Å². The number of pyridine rings is 2. The number of aromatic carboxylic acids is 1. The zero-order valence-electron chi connectivity index (χ0n) is 56.2. The molecular weight excluding hydrogens is 1300 g/mol. The van der Waals surface area contributed by atoms with Crippen molar-refractivity contribution in [2.75, 3.05) is 80.7 Å². The third-order valence-electron chi connectivity index (χ3n) is 20.3. The number of anilines is 3. The molecule has 3 aliphatic heterocycles. The predicted octanol–water partition coefficient (Wildman–Crippen LogP) is 9.82. The molecule has 5 fully saturated rings. The van der Waals surface area contributed by atoms with E-state index in [4.69, 9.17) is 19.6 Å². The Morgan fingerprint density at radius 2 is 1.65 bits per heavy atom. The molecule has 4 saturated carbocycles. The minimum atomic E-state index is -4.24. The van der Waals surface area contributed by atoms with Crippen LogP contribution in [0.1, 0.15) is 147 Å². The predicted molar refractivity (Wildman–Crippen MR) is 373 cm³/mol. The van der Waals surface area contributed by atoms with Crippen molar-refractivity contribution in [3.8, 4) is 11.1 Å². The topological polar surface area (TPSA) is 321 Å². The molecule has 1 saturated heterocycles. The van der Waals surface area contributed by atoms with Crippen LogP contribution in [-0.2, 0) is 52.7 Å². The number of hydrogen-bond acceptors (Lipinski definition) is 17. The molecule has 2 aromatic carbocycles. The van der Waals surface area contributed by atoms with Gasteiger partial charge in [-0.2, -0.15) is 10.1 Å². The summed E-state index contributed by atoms with van der Waals surface area (Å²) in [6.45, 7) is 11.1. The first-order valence-electron chi connectivity index (χ1n) is 34.2. The molecular formula is C72H86N12O13PS. The number of likely N-dealkylation sites (tertiary alicyclic amines) is 1. The number of unbranched alkanes of at least 4 members (excludes halogenated alkanes) is 2. The standard InChI is InChI=1S/C72H86N12O13PS/c1-48-55(53-19-20-58(77-63(53)66(90)91)82-31-24-50-14-8-16-54(56(50)40-82)65(89)79-67-78-64-57(99-67)17-9-27-74-64)39-75-84(48)47-71-42-69(2)41-70(3,43-71)45-72(44-69,46-71)97-36-34-80(29-11-37-98(93,94)95)52-25-32-81(33-26-52)68(92)96-35-10-13-49-12-7-15-51(38-49)76-60(86)23-28-73-59(85)18-5-4-6-30-83-61(87)21-22-62(83)88/h7-10,12-14,16-17,19-22,27,38-39,52H,4-6,11,18,23-26,28-37,40-47H2,1-3H3,(H,73,85)(H,76,86)(H,90,91)(H2,93,94,95)(H,74,78,79,89)/b13-10+. The first-order valence-corrected chi connectivity index (χ1v) is 36.8. The Morgan fingerprint density at radius 3 is 2.40 bits per heavy atom. The Morgan fingerprint density at radius 1 is 0.859 bits per heavy atom. The van der Waals surface area contributed by atoms with Crippen LogP contribution in [0.5, 0.6) is 0 Å². The van der Waals surface area contributed by atoms with Gasteiger partial charge in [-0.1, -0.05) is 61.9 Å². The number of imide groups is 1. The van der Waals surface area contributed by atoms with Crippen molar-refractivity contribution >= 4 is 93.6 Å². The van der Waals surface area contributed by atoms with Crippen LogP contribution in [0.25, 0.3) is 27.6 Å². The number of carboxylic acid groups (broad SMARTS) is 1. The lowest BCUT2D eigenvalue weighted by atomic mass is 9.39. The fourth-order valence-electron chi connectivity index (χ4n) is 17.1. The molecule has 1 radical (unpaired) electrons. The van der Waals surface area contributed by atoms with E-state index in [9.17, 15) is 53.0 Å². The van der Waals surface area contributed by atoms with E-state index in [-0.39, 0.29) is 89.7 Å². The number of rotatable bonds is 29. The highest BCUT2D eigenvalue weighted by Gasteiger charge is 2.66. The summed E-state index contributed by atoms with van der Waals surface area (Å²) in [5.41, 5.74) is 5.55. The number of aromatic nitrogens is 5. The quantitative estimate of drug-likeness (QED) is 0.0144. The maximum Gasteiger partial charge on any atom is 0.410 e. The zero-order valence-corrected chi connectivity index (χ0v) is 57.9. The molecule has 2 unspecified atom stereocenters. The van der Waals surface area contributed by atoms with Gasteiger partial charge in [0.15, 0.2) is 16.5 Å². The van der Waals surface area contributed by atoms with Crippen LogP contribution >= 0.6 is 18.9 Å². The van der Waals surface area contributed by atoms with Crippen molar-refractivity contribution in [1.29, 1.82) is 0 Å². The smallest absolute Gasteiger partial charge is 0.410 e.